The number of aryl methyl sites for hydroxylation is 1. The molecule has 124 valence electrons. The Hall–Kier alpha value is -2.64. The molecule has 2 aromatic carbocycles. The third-order valence-electron chi connectivity index (χ3n) is 3.54. The van der Waals surface area contributed by atoms with Crippen molar-refractivity contribution in [3.05, 3.63) is 70.1 Å². The summed E-state index contributed by atoms with van der Waals surface area (Å²) in [5, 5.41) is 5.87. The van der Waals surface area contributed by atoms with Crippen LogP contribution in [0.25, 0.3) is 11.0 Å². The number of sulfonamides is 1. The molecule has 0 amide bonds. The number of hydrogen-bond acceptors (Lipinski definition) is 5. The average Bonchev–Trinajstić information content (AvgIpc) is 2.53. The summed E-state index contributed by atoms with van der Waals surface area (Å²) in [5.41, 5.74) is 1.41. The molecular weight excluding hydrogens is 330 g/mol. The predicted octanol–water partition coefficient (Wildman–Crippen LogP) is 2.33. The molecule has 24 heavy (non-hydrogen) atoms. The van der Waals surface area contributed by atoms with Crippen molar-refractivity contribution < 1.29 is 17.6 Å². The summed E-state index contributed by atoms with van der Waals surface area (Å²) in [5.74, 6) is 0.546. The minimum absolute atomic E-state index is 0.0501. The molecule has 0 aliphatic rings. The highest BCUT2D eigenvalue weighted by Crippen LogP contribution is 2.21. The molecule has 3 rings (SSSR count). The number of fused-ring (bicyclic) bond motifs is 1. The summed E-state index contributed by atoms with van der Waals surface area (Å²) in [6, 6.07) is 13.1. The van der Waals surface area contributed by atoms with Gasteiger partial charge in [-0.3, -0.25) is 0 Å². The van der Waals surface area contributed by atoms with E-state index in [1.807, 2.05) is 6.07 Å². The number of benzene rings is 2. The van der Waals surface area contributed by atoms with Gasteiger partial charge in [-0.2, -0.15) is 0 Å². The Labute approximate surface area is 138 Å². The Balaban J connectivity index is 1.78. The predicted molar refractivity (Wildman–Crippen MR) is 89.4 cm³/mol. The van der Waals surface area contributed by atoms with Crippen LogP contribution < -0.4 is 15.5 Å². The van der Waals surface area contributed by atoms with Crippen molar-refractivity contribution in [2.45, 2.75) is 18.4 Å². The highest BCUT2D eigenvalue weighted by molar-refractivity contribution is 7.89. The molecule has 0 aliphatic heterocycles. The maximum Gasteiger partial charge on any atom is 0.339 e. The van der Waals surface area contributed by atoms with E-state index in [0.29, 0.717) is 16.9 Å². The number of hydrogen-bond donors (Lipinski definition) is 1. The Morgan fingerprint density at radius 1 is 1.08 bits per heavy atom. The number of primary sulfonamides is 1. The van der Waals surface area contributed by atoms with Crippen molar-refractivity contribution >= 4 is 21.0 Å². The van der Waals surface area contributed by atoms with Crippen LogP contribution in [0, 0.1) is 6.92 Å². The molecule has 1 heterocycles. The third kappa shape index (κ3) is 3.47. The van der Waals surface area contributed by atoms with E-state index in [9.17, 15) is 13.2 Å². The van der Waals surface area contributed by atoms with Crippen LogP contribution in [-0.4, -0.2) is 8.42 Å². The van der Waals surface area contributed by atoms with Crippen LogP contribution in [0.1, 0.15) is 11.1 Å². The van der Waals surface area contributed by atoms with E-state index >= 15 is 0 Å². The lowest BCUT2D eigenvalue weighted by atomic mass is 10.2. The van der Waals surface area contributed by atoms with E-state index in [-0.39, 0.29) is 17.1 Å². The summed E-state index contributed by atoms with van der Waals surface area (Å²) >= 11 is 0. The van der Waals surface area contributed by atoms with Crippen LogP contribution in [0.4, 0.5) is 0 Å². The largest absolute Gasteiger partial charge is 0.489 e. The van der Waals surface area contributed by atoms with Gasteiger partial charge in [-0.15, -0.1) is 0 Å². The van der Waals surface area contributed by atoms with E-state index < -0.39 is 10.0 Å². The highest BCUT2D eigenvalue weighted by Gasteiger charge is 2.07. The van der Waals surface area contributed by atoms with Crippen molar-refractivity contribution in [1.29, 1.82) is 0 Å². The van der Waals surface area contributed by atoms with Crippen LogP contribution >= 0.6 is 0 Å². The Kier molecular flexibility index (Phi) is 4.13. The zero-order valence-corrected chi connectivity index (χ0v) is 13.7. The minimum Gasteiger partial charge on any atom is -0.489 e. The van der Waals surface area contributed by atoms with E-state index in [2.05, 4.69) is 0 Å². The lowest BCUT2D eigenvalue weighted by Crippen LogP contribution is -2.12. The van der Waals surface area contributed by atoms with Crippen LogP contribution in [0.3, 0.4) is 0 Å². The zero-order chi connectivity index (χ0) is 17.3. The van der Waals surface area contributed by atoms with Gasteiger partial charge in [-0.1, -0.05) is 12.1 Å². The van der Waals surface area contributed by atoms with E-state index in [1.165, 1.54) is 12.1 Å². The summed E-state index contributed by atoms with van der Waals surface area (Å²) in [7, 11) is -3.70. The van der Waals surface area contributed by atoms with Crippen molar-refractivity contribution in [3.8, 4) is 5.75 Å². The summed E-state index contributed by atoms with van der Waals surface area (Å²) in [6.45, 7) is 1.94. The van der Waals surface area contributed by atoms with Crippen molar-refractivity contribution in [2.24, 2.45) is 5.14 Å². The molecule has 2 N–H and O–H groups in total. The normalized spacial score (nSPS) is 11.6. The maximum atomic E-state index is 11.6. The molecule has 0 fully saturated rings. The first-order valence-electron chi connectivity index (χ1n) is 7.12. The smallest absolute Gasteiger partial charge is 0.339 e. The molecular formula is C17H15NO5S. The summed E-state index contributed by atoms with van der Waals surface area (Å²) < 4.78 is 33.3. The van der Waals surface area contributed by atoms with Gasteiger partial charge in [0.1, 0.15) is 17.9 Å². The lowest BCUT2D eigenvalue weighted by Gasteiger charge is -2.08. The van der Waals surface area contributed by atoms with Crippen molar-refractivity contribution in [3.63, 3.8) is 0 Å². The summed E-state index contributed by atoms with van der Waals surface area (Å²) in [6.07, 6.45) is 0. The molecule has 0 atom stereocenters. The first kappa shape index (κ1) is 16.2. The first-order valence-corrected chi connectivity index (χ1v) is 8.66. The molecule has 0 aliphatic carbocycles. The van der Waals surface area contributed by atoms with Crippen molar-refractivity contribution in [1.82, 2.24) is 0 Å². The number of nitrogens with two attached hydrogens (primary N) is 1. The van der Waals surface area contributed by atoms with E-state index in [1.54, 1.807) is 37.3 Å². The Morgan fingerprint density at radius 3 is 2.46 bits per heavy atom. The number of ether oxygens (including phenoxy) is 1. The second kappa shape index (κ2) is 6.10. The molecule has 7 heteroatoms. The molecule has 0 radical (unpaired) electrons. The zero-order valence-electron chi connectivity index (χ0n) is 12.9. The molecule has 0 bridgehead atoms. The van der Waals surface area contributed by atoms with Crippen LogP contribution in [0.5, 0.6) is 5.75 Å². The monoisotopic (exact) mass is 345 g/mol. The van der Waals surface area contributed by atoms with Crippen molar-refractivity contribution in [2.75, 3.05) is 0 Å². The molecule has 6 nitrogen and oxygen atoms in total. The van der Waals surface area contributed by atoms with Gasteiger partial charge in [0.25, 0.3) is 0 Å². The Bertz CT molecular complexity index is 1050. The summed E-state index contributed by atoms with van der Waals surface area (Å²) in [4.78, 5) is 11.6. The molecule has 0 spiro atoms. The second-order valence-corrected chi connectivity index (χ2v) is 6.96. The van der Waals surface area contributed by atoms with Crippen LogP contribution in [0.15, 0.2) is 62.6 Å². The Morgan fingerprint density at radius 2 is 1.79 bits per heavy atom. The van der Waals surface area contributed by atoms with Crippen LogP contribution in [0.2, 0.25) is 0 Å². The van der Waals surface area contributed by atoms with Gasteiger partial charge in [0.15, 0.2) is 0 Å². The molecule has 1 aromatic heterocycles. The van der Waals surface area contributed by atoms with E-state index in [0.717, 1.165) is 10.9 Å². The molecule has 3 aromatic rings. The SMILES string of the molecule is Cc1cc2ccc(OCc3ccc(S(N)(=O)=O)cc3)cc2oc1=O. The third-order valence-corrected chi connectivity index (χ3v) is 4.47. The van der Waals surface area contributed by atoms with E-state index in [4.69, 9.17) is 14.3 Å². The van der Waals surface area contributed by atoms with Gasteiger partial charge in [0.05, 0.1) is 4.90 Å². The fourth-order valence-corrected chi connectivity index (χ4v) is 2.74. The van der Waals surface area contributed by atoms with Gasteiger partial charge in [-0.25, -0.2) is 18.4 Å². The van der Waals surface area contributed by atoms with Gasteiger partial charge >= 0.3 is 5.63 Å². The fraction of sp³-hybridized carbons (Fsp3) is 0.118. The fourth-order valence-electron chi connectivity index (χ4n) is 2.23. The second-order valence-electron chi connectivity index (χ2n) is 5.39. The molecule has 0 saturated heterocycles. The van der Waals surface area contributed by atoms with Gasteiger partial charge in [-0.05, 0) is 42.8 Å². The molecule has 0 unspecified atom stereocenters. The standard InChI is InChI=1S/C17H15NO5S/c1-11-8-13-4-5-14(9-16(13)23-17(11)19)22-10-12-2-6-15(7-3-12)24(18,20)21/h2-9H,10H2,1H3,(H2,18,20,21). The van der Waals surface area contributed by atoms with Crippen LogP contribution in [-0.2, 0) is 16.6 Å². The maximum absolute atomic E-state index is 11.6. The van der Waals surface area contributed by atoms with Gasteiger partial charge < -0.3 is 9.15 Å². The minimum atomic E-state index is -3.70. The van der Waals surface area contributed by atoms with Gasteiger partial charge in [0, 0.05) is 17.0 Å². The topological polar surface area (TPSA) is 99.6 Å². The first-order chi connectivity index (χ1) is 11.3. The molecule has 0 saturated carbocycles. The number of rotatable bonds is 4. The van der Waals surface area contributed by atoms with Gasteiger partial charge in [0.2, 0.25) is 10.0 Å². The lowest BCUT2D eigenvalue weighted by molar-refractivity contribution is 0.306. The highest BCUT2D eigenvalue weighted by atomic mass is 32.2. The average molecular weight is 345 g/mol. The quantitative estimate of drug-likeness (QED) is 0.732.